The molecule has 1 aromatic heterocycles. The first kappa shape index (κ1) is 27.6. The van der Waals surface area contributed by atoms with Crippen molar-refractivity contribution in [3.05, 3.63) is 16.1 Å². The number of nitrogens with zero attached hydrogens (tertiary/aromatic N) is 2. The molecule has 1 N–H and O–H groups in total. The number of esters is 1. The lowest BCUT2D eigenvalue weighted by Crippen LogP contribution is -2.45. The number of carbonyl (C=O) groups is 2. The average molecular weight is 455 g/mol. The summed E-state index contributed by atoms with van der Waals surface area (Å²) in [4.78, 5) is 31.4. The van der Waals surface area contributed by atoms with Gasteiger partial charge < -0.3 is 14.7 Å². The zero-order valence-electron chi connectivity index (χ0n) is 20.2. The molecular formula is C24H42N2O4S. The minimum Gasteiger partial charge on any atom is -0.461 e. The summed E-state index contributed by atoms with van der Waals surface area (Å²) in [5.74, 6) is 0.239. The van der Waals surface area contributed by atoms with E-state index >= 15 is 0 Å². The Balaban J connectivity index is 2.96. The Kier molecular flexibility index (Phi) is 13.0. The Morgan fingerprint density at radius 2 is 1.87 bits per heavy atom. The van der Waals surface area contributed by atoms with Gasteiger partial charge in [-0.2, -0.15) is 0 Å². The predicted octanol–water partition coefficient (Wildman–Crippen LogP) is 5.61. The molecule has 0 aromatic carbocycles. The number of carbonyl (C=O) groups excluding carboxylic acids is 2. The minimum atomic E-state index is -0.824. The second-order valence-electron chi connectivity index (χ2n) is 8.72. The van der Waals surface area contributed by atoms with Gasteiger partial charge in [0.1, 0.15) is 11.1 Å². The van der Waals surface area contributed by atoms with Crippen LogP contribution in [0.25, 0.3) is 0 Å². The van der Waals surface area contributed by atoms with Crippen molar-refractivity contribution in [1.29, 1.82) is 0 Å². The molecule has 3 atom stereocenters. The summed E-state index contributed by atoms with van der Waals surface area (Å²) in [5.41, 5.74) is 0.228. The molecule has 0 saturated heterocycles. The molecule has 2 unspecified atom stereocenters. The summed E-state index contributed by atoms with van der Waals surface area (Å²) in [6, 6.07) is -0.0804. The normalized spacial score (nSPS) is 14.3. The van der Waals surface area contributed by atoms with Gasteiger partial charge in [0.2, 0.25) is 5.91 Å². The third-order valence-electron chi connectivity index (χ3n) is 5.72. The van der Waals surface area contributed by atoms with Gasteiger partial charge in [0.15, 0.2) is 5.69 Å². The second-order valence-corrected chi connectivity index (χ2v) is 9.61. The fourth-order valence-corrected chi connectivity index (χ4v) is 4.36. The number of ether oxygens (including phenoxy) is 1. The van der Waals surface area contributed by atoms with Gasteiger partial charge in [-0.1, -0.05) is 60.3 Å². The number of hydrogen-bond acceptors (Lipinski definition) is 6. The highest BCUT2D eigenvalue weighted by molar-refractivity contribution is 7.09. The third kappa shape index (κ3) is 9.27. The summed E-state index contributed by atoms with van der Waals surface area (Å²) >= 11 is 1.26. The van der Waals surface area contributed by atoms with E-state index in [1.54, 1.807) is 12.3 Å². The van der Waals surface area contributed by atoms with E-state index in [4.69, 9.17) is 4.74 Å². The molecule has 1 aromatic rings. The van der Waals surface area contributed by atoms with Gasteiger partial charge in [0.05, 0.1) is 6.61 Å². The molecule has 0 aliphatic heterocycles. The fourth-order valence-electron chi connectivity index (χ4n) is 3.57. The molecule has 6 nitrogen and oxygen atoms in total. The first-order chi connectivity index (χ1) is 14.7. The maximum absolute atomic E-state index is 13.2. The number of rotatable bonds is 15. The van der Waals surface area contributed by atoms with Crippen molar-refractivity contribution in [3.63, 3.8) is 0 Å². The summed E-state index contributed by atoms with van der Waals surface area (Å²) in [6.07, 6.45) is 5.49. The lowest BCUT2D eigenvalue weighted by atomic mass is 9.94. The smallest absolute Gasteiger partial charge is 0.357 e. The number of thiazole rings is 1. The van der Waals surface area contributed by atoms with Crippen molar-refractivity contribution in [3.8, 4) is 0 Å². The maximum Gasteiger partial charge on any atom is 0.357 e. The first-order valence-electron chi connectivity index (χ1n) is 11.8. The number of unbranched alkanes of at least 4 members (excludes halogenated alkanes) is 3. The molecule has 1 rings (SSSR count). The van der Waals surface area contributed by atoms with E-state index in [9.17, 15) is 14.7 Å². The van der Waals surface area contributed by atoms with Gasteiger partial charge in [-0.05, 0) is 25.2 Å². The van der Waals surface area contributed by atoms with Crippen LogP contribution in [0.1, 0.15) is 108 Å². The molecular weight excluding hydrogens is 412 g/mol. The molecule has 1 amide bonds. The summed E-state index contributed by atoms with van der Waals surface area (Å²) in [6.45, 7) is 13.3. The monoisotopic (exact) mass is 454 g/mol. The van der Waals surface area contributed by atoms with Gasteiger partial charge >= 0.3 is 5.97 Å². The Bertz CT molecular complexity index is 662. The van der Waals surface area contributed by atoms with Crippen LogP contribution in [0.2, 0.25) is 0 Å². The number of aliphatic hydroxyl groups excluding tert-OH is 1. The molecule has 0 saturated carbocycles. The fraction of sp³-hybridized carbons (Fsp3) is 0.792. The largest absolute Gasteiger partial charge is 0.461 e. The van der Waals surface area contributed by atoms with Crippen LogP contribution in [-0.4, -0.2) is 46.1 Å². The van der Waals surface area contributed by atoms with Crippen LogP contribution in [0, 0.1) is 11.8 Å². The van der Waals surface area contributed by atoms with Crippen LogP contribution in [0.5, 0.6) is 0 Å². The highest BCUT2D eigenvalue weighted by Gasteiger charge is 2.30. The number of amides is 1. The highest BCUT2D eigenvalue weighted by Crippen LogP contribution is 2.28. The van der Waals surface area contributed by atoms with E-state index < -0.39 is 12.1 Å². The lowest BCUT2D eigenvalue weighted by Gasteiger charge is -2.36. The zero-order valence-corrected chi connectivity index (χ0v) is 21.0. The molecule has 0 bridgehead atoms. The number of aromatic nitrogens is 1. The van der Waals surface area contributed by atoms with E-state index in [1.807, 2.05) is 4.90 Å². The van der Waals surface area contributed by atoms with E-state index in [-0.39, 0.29) is 30.2 Å². The van der Waals surface area contributed by atoms with Gasteiger partial charge in [-0.3, -0.25) is 4.79 Å². The topological polar surface area (TPSA) is 79.7 Å². The van der Waals surface area contributed by atoms with Gasteiger partial charge in [-0.25, -0.2) is 9.78 Å². The third-order valence-corrected chi connectivity index (χ3v) is 6.67. The molecule has 7 heteroatoms. The Labute approximate surface area is 192 Å². The number of hydrogen-bond donors (Lipinski definition) is 1. The van der Waals surface area contributed by atoms with Crippen LogP contribution in [-0.2, 0) is 9.53 Å². The zero-order chi connectivity index (χ0) is 23.4. The highest BCUT2D eigenvalue weighted by atomic mass is 32.1. The summed E-state index contributed by atoms with van der Waals surface area (Å²) in [7, 11) is 0. The van der Waals surface area contributed by atoms with Crippen LogP contribution in [0.15, 0.2) is 5.38 Å². The van der Waals surface area contributed by atoms with E-state index in [1.165, 1.54) is 11.3 Å². The second kappa shape index (κ2) is 14.6. The molecule has 0 aliphatic carbocycles. The lowest BCUT2D eigenvalue weighted by molar-refractivity contribution is -0.136. The first-order valence-corrected chi connectivity index (χ1v) is 12.7. The van der Waals surface area contributed by atoms with Gasteiger partial charge in [0.25, 0.3) is 0 Å². The Morgan fingerprint density at radius 3 is 2.45 bits per heavy atom. The maximum atomic E-state index is 13.2. The SMILES string of the molecule is CCCCCCN(C(=O)C[C@@H](C)CC)C(CC(O)c1nc(C(=O)OCC)cs1)C(C)C. The van der Waals surface area contributed by atoms with Crippen molar-refractivity contribution >= 4 is 23.2 Å². The predicted molar refractivity (Wildman–Crippen MR) is 126 cm³/mol. The molecule has 1 heterocycles. The van der Waals surface area contributed by atoms with Gasteiger partial charge in [0, 0.05) is 30.8 Å². The van der Waals surface area contributed by atoms with Crippen molar-refractivity contribution in [2.24, 2.45) is 11.8 Å². The van der Waals surface area contributed by atoms with E-state index in [0.29, 0.717) is 23.8 Å². The quantitative estimate of drug-likeness (QED) is 0.275. The van der Waals surface area contributed by atoms with Crippen LogP contribution in [0.4, 0.5) is 0 Å². The molecule has 0 aliphatic rings. The summed E-state index contributed by atoms with van der Waals surface area (Å²) < 4.78 is 4.99. The van der Waals surface area contributed by atoms with Gasteiger partial charge in [-0.15, -0.1) is 11.3 Å². The molecule has 178 valence electrons. The van der Waals surface area contributed by atoms with Crippen molar-refractivity contribution in [1.82, 2.24) is 9.88 Å². The van der Waals surface area contributed by atoms with Crippen LogP contribution < -0.4 is 0 Å². The van der Waals surface area contributed by atoms with Crippen molar-refractivity contribution in [2.45, 2.75) is 98.6 Å². The number of aliphatic hydroxyl groups is 1. The molecule has 31 heavy (non-hydrogen) atoms. The van der Waals surface area contributed by atoms with Crippen LogP contribution in [0.3, 0.4) is 0 Å². The van der Waals surface area contributed by atoms with Crippen molar-refractivity contribution < 1.29 is 19.4 Å². The van der Waals surface area contributed by atoms with E-state index in [2.05, 4.69) is 39.6 Å². The van der Waals surface area contributed by atoms with Crippen LogP contribution >= 0.6 is 11.3 Å². The minimum absolute atomic E-state index is 0.0804. The summed E-state index contributed by atoms with van der Waals surface area (Å²) in [5, 5.41) is 13.0. The average Bonchev–Trinajstić information content (AvgIpc) is 3.23. The molecule has 0 radical (unpaired) electrons. The molecule has 0 fully saturated rings. The standard InChI is InChI=1S/C24H42N2O4S/c1-7-10-11-12-13-26(22(28)14-18(6)8-2)20(17(4)5)15-21(27)23-25-19(16-31-23)24(29)30-9-3/h16-18,20-21,27H,7-15H2,1-6H3/t18-,20?,21?/m0/s1. The van der Waals surface area contributed by atoms with Crippen molar-refractivity contribution in [2.75, 3.05) is 13.2 Å². The molecule has 0 spiro atoms. The Morgan fingerprint density at radius 1 is 1.16 bits per heavy atom. The Hall–Kier alpha value is -1.47. The van der Waals surface area contributed by atoms with E-state index in [0.717, 1.165) is 38.6 Å².